The average molecular weight is 325 g/mol. The summed E-state index contributed by atoms with van der Waals surface area (Å²) >= 11 is 3.70. The van der Waals surface area contributed by atoms with Crippen LogP contribution in [0.15, 0.2) is 28.7 Å². The first-order valence-corrected chi connectivity index (χ1v) is 8.04. The highest BCUT2D eigenvalue weighted by Gasteiger charge is 2.31. The number of piperazine rings is 1. The van der Waals surface area contributed by atoms with Gasteiger partial charge in [-0.1, -0.05) is 39.8 Å². The number of benzene rings is 1. The summed E-state index contributed by atoms with van der Waals surface area (Å²) in [4.78, 5) is 2.58. The van der Waals surface area contributed by atoms with Gasteiger partial charge in [0.15, 0.2) is 0 Å². The van der Waals surface area contributed by atoms with E-state index < -0.39 is 0 Å². The van der Waals surface area contributed by atoms with Gasteiger partial charge in [-0.05, 0) is 39.9 Å². The standard InChI is InChI=1S/C16H25BrN2/c1-11(2)14-10-19(16(9-18-14)12(3)4)15-8-6-5-7-13(15)17/h5-8,11-12,14,16,18H,9-10H2,1-4H3. The monoisotopic (exact) mass is 324 g/mol. The van der Waals surface area contributed by atoms with Crippen LogP contribution in [0.25, 0.3) is 0 Å². The molecule has 106 valence electrons. The smallest absolute Gasteiger partial charge is 0.0514 e. The van der Waals surface area contributed by atoms with Gasteiger partial charge >= 0.3 is 0 Å². The van der Waals surface area contributed by atoms with Gasteiger partial charge in [-0.3, -0.25) is 0 Å². The van der Waals surface area contributed by atoms with Gasteiger partial charge in [0.25, 0.3) is 0 Å². The Balaban J connectivity index is 2.28. The second-order valence-corrected chi connectivity index (χ2v) is 7.03. The summed E-state index contributed by atoms with van der Waals surface area (Å²) in [6.07, 6.45) is 0. The first-order chi connectivity index (χ1) is 9.00. The molecule has 19 heavy (non-hydrogen) atoms. The molecule has 1 aliphatic rings. The molecule has 0 spiro atoms. The maximum absolute atomic E-state index is 3.71. The number of nitrogens with zero attached hydrogens (tertiary/aromatic N) is 1. The minimum atomic E-state index is 0.564. The highest BCUT2D eigenvalue weighted by molar-refractivity contribution is 9.10. The molecule has 1 aliphatic heterocycles. The predicted octanol–water partition coefficient (Wildman–Crippen LogP) is 3.91. The van der Waals surface area contributed by atoms with E-state index in [0.29, 0.717) is 23.9 Å². The van der Waals surface area contributed by atoms with E-state index in [0.717, 1.165) is 13.1 Å². The van der Waals surface area contributed by atoms with Gasteiger partial charge in [0.05, 0.1) is 5.69 Å². The molecule has 2 nitrogen and oxygen atoms in total. The maximum atomic E-state index is 3.71. The van der Waals surface area contributed by atoms with E-state index in [4.69, 9.17) is 0 Å². The number of hydrogen-bond acceptors (Lipinski definition) is 2. The normalized spacial score (nSPS) is 24.3. The third kappa shape index (κ3) is 3.32. The molecule has 0 saturated carbocycles. The Bertz CT molecular complexity index is 417. The molecule has 2 rings (SSSR count). The summed E-state index contributed by atoms with van der Waals surface area (Å²) in [5, 5.41) is 3.71. The maximum Gasteiger partial charge on any atom is 0.0514 e. The second-order valence-electron chi connectivity index (χ2n) is 6.17. The van der Waals surface area contributed by atoms with E-state index >= 15 is 0 Å². The second kappa shape index (κ2) is 6.27. The lowest BCUT2D eigenvalue weighted by atomic mass is 9.93. The summed E-state index contributed by atoms with van der Waals surface area (Å²) in [6, 6.07) is 9.71. The summed E-state index contributed by atoms with van der Waals surface area (Å²) in [6.45, 7) is 11.4. The number of nitrogens with one attached hydrogen (secondary N) is 1. The van der Waals surface area contributed by atoms with Crippen LogP contribution in [0.5, 0.6) is 0 Å². The first kappa shape index (κ1) is 14.9. The molecule has 1 heterocycles. The lowest BCUT2D eigenvalue weighted by molar-refractivity contribution is 0.295. The molecule has 2 unspecified atom stereocenters. The van der Waals surface area contributed by atoms with E-state index in [-0.39, 0.29) is 0 Å². The Morgan fingerprint density at radius 3 is 2.42 bits per heavy atom. The summed E-state index contributed by atoms with van der Waals surface area (Å²) in [7, 11) is 0. The Hall–Kier alpha value is -0.540. The molecule has 0 aliphatic carbocycles. The van der Waals surface area contributed by atoms with Gasteiger partial charge < -0.3 is 10.2 Å². The van der Waals surface area contributed by atoms with E-state index in [2.05, 4.69) is 78.1 Å². The van der Waals surface area contributed by atoms with Crippen molar-refractivity contribution in [1.29, 1.82) is 0 Å². The van der Waals surface area contributed by atoms with Crippen LogP contribution in [0.1, 0.15) is 27.7 Å². The van der Waals surface area contributed by atoms with E-state index in [1.807, 2.05) is 0 Å². The molecule has 1 aromatic carbocycles. The van der Waals surface area contributed by atoms with E-state index in [1.165, 1.54) is 10.2 Å². The quantitative estimate of drug-likeness (QED) is 0.906. The minimum absolute atomic E-state index is 0.564. The van der Waals surface area contributed by atoms with Crippen molar-refractivity contribution in [2.45, 2.75) is 39.8 Å². The van der Waals surface area contributed by atoms with Gasteiger partial charge in [0.1, 0.15) is 0 Å². The Labute approximate surface area is 125 Å². The van der Waals surface area contributed by atoms with Crippen LogP contribution >= 0.6 is 15.9 Å². The Kier molecular flexibility index (Phi) is 4.91. The fourth-order valence-electron chi connectivity index (χ4n) is 2.80. The topological polar surface area (TPSA) is 15.3 Å². The van der Waals surface area contributed by atoms with Crippen LogP contribution < -0.4 is 10.2 Å². The van der Waals surface area contributed by atoms with Crippen LogP contribution in [0, 0.1) is 11.8 Å². The van der Waals surface area contributed by atoms with Crippen molar-refractivity contribution in [3.05, 3.63) is 28.7 Å². The fourth-order valence-corrected chi connectivity index (χ4v) is 3.31. The van der Waals surface area contributed by atoms with Crippen molar-refractivity contribution in [3.63, 3.8) is 0 Å². The molecule has 1 aromatic rings. The highest BCUT2D eigenvalue weighted by atomic mass is 79.9. The number of anilines is 1. The van der Waals surface area contributed by atoms with Gasteiger partial charge in [-0.25, -0.2) is 0 Å². The number of rotatable bonds is 3. The third-order valence-electron chi connectivity index (χ3n) is 4.12. The molecule has 1 saturated heterocycles. The lowest BCUT2D eigenvalue weighted by Crippen LogP contribution is -2.60. The molecular formula is C16H25BrN2. The molecule has 1 fully saturated rings. The predicted molar refractivity (Wildman–Crippen MR) is 86.7 cm³/mol. The molecule has 0 aromatic heterocycles. The Morgan fingerprint density at radius 1 is 1.16 bits per heavy atom. The van der Waals surface area contributed by atoms with Crippen molar-refractivity contribution >= 4 is 21.6 Å². The average Bonchev–Trinajstić information content (AvgIpc) is 2.38. The molecule has 0 radical (unpaired) electrons. The van der Waals surface area contributed by atoms with Gasteiger partial charge in [-0.15, -0.1) is 0 Å². The van der Waals surface area contributed by atoms with Crippen LogP contribution in [0.4, 0.5) is 5.69 Å². The van der Waals surface area contributed by atoms with Crippen molar-refractivity contribution in [2.24, 2.45) is 11.8 Å². The van der Waals surface area contributed by atoms with Crippen molar-refractivity contribution in [1.82, 2.24) is 5.32 Å². The van der Waals surface area contributed by atoms with Crippen LogP contribution in [-0.2, 0) is 0 Å². The summed E-state index contributed by atoms with van der Waals surface area (Å²) in [5.74, 6) is 1.31. The Morgan fingerprint density at radius 2 is 1.84 bits per heavy atom. The van der Waals surface area contributed by atoms with Gasteiger partial charge in [0, 0.05) is 29.6 Å². The molecule has 0 bridgehead atoms. The summed E-state index contributed by atoms with van der Waals surface area (Å²) in [5.41, 5.74) is 1.33. The largest absolute Gasteiger partial charge is 0.365 e. The summed E-state index contributed by atoms with van der Waals surface area (Å²) < 4.78 is 1.20. The minimum Gasteiger partial charge on any atom is -0.365 e. The fraction of sp³-hybridized carbons (Fsp3) is 0.625. The highest BCUT2D eigenvalue weighted by Crippen LogP contribution is 2.31. The van der Waals surface area contributed by atoms with E-state index in [9.17, 15) is 0 Å². The van der Waals surface area contributed by atoms with Crippen molar-refractivity contribution < 1.29 is 0 Å². The van der Waals surface area contributed by atoms with Crippen LogP contribution in [0.2, 0.25) is 0 Å². The zero-order chi connectivity index (χ0) is 14.0. The SMILES string of the molecule is CC(C)C1CN(c2ccccc2Br)C(C(C)C)CN1. The lowest BCUT2D eigenvalue weighted by Gasteiger charge is -2.45. The van der Waals surface area contributed by atoms with Gasteiger partial charge in [-0.2, -0.15) is 0 Å². The number of hydrogen-bond donors (Lipinski definition) is 1. The van der Waals surface area contributed by atoms with Crippen molar-refractivity contribution in [3.8, 4) is 0 Å². The molecule has 1 N–H and O–H groups in total. The zero-order valence-electron chi connectivity index (χ0n) is 12.4. The van der Waals surface area contributed by atoms with Crippen LogP contribution in [0.3, 0.4) is 0 Å². The molecule has 3 heteroatoms. The van der Waals surface area contributed by atoms with E-state index in [1.54, 1.807) is 0 Å². The first-order valence-electron chi connectivity index (χ1n) is 7.25. The molecule has 0 amide bonds. The zero-order valence-corrected chi connectivity index (χ0v) is 13.9. The molecular weight excluding hydrogens is 300 g/mol. The van der Waals surface area contributed by atoms with Crippen LogP contribution in [-0.4, -0.2) is 25.2 Å². The van der Waals surface area contributed by atoms with Gasteiger partial charge in [0.2, 0.25) is 0 Å². The molecule has 2 atom stereocenters. The third-order valence-corrected chi connectivity index (χ3v) is 4.79. The number of halogens is 1. The number of para-hydroxylation sites is 1. The van der Waals surface area contributed by atoms with Crippen molar-refractivity contribution in [2.75, 3.05) is 18.0 Å².